The molecule has 168 valence electrons. The Kier molecular flexibility index (Phi) is 6.89. The van der Waals surface area contributed by atoms with Crippen LogP contribution >= 0.6 is 0 Å². The molecule has 1 aromatic carbocycles. The summed E-state index contributed by atoms with van der Waals surface area (Å²) in [5.41, 5.74) is -0.251. The first-order valence-electron chi connectivity index (χ1n) is 9.78. The number of anilines is 2. The number of aromatic nitrogens is 1. The third-order valence-corrected chi connectivity index (χ3v) is 5.31. The summed E-state index contributed by atoms with van der Waals surface area (Å²) in [4.78, 5) is 20.7. The van der Waals surface area contributed by atoms with E-state index in [1.807, 2.05) is 16.7 Å². The van der Waals surface area contributed by atoms with Crippen LogP contribution in [-0.4, -0.2) is 62.2 Å². The highest BCUT2D eigenvalue weighted by Gasteiger charge is 2.31. The van der Waals surface area contributed by atoms with Crippen molar-refractivity contribution < 1.29 is 27.4 Å². The number of methoxy groups -OCH3 is 2. The zero-order valence-electron chi connectivity index (χ0n) is 17.6. The van der Waals surface area contributed by atoms with Crippen molar-refractivity contribution in [2.24, 2.45) is 0 Å². The molecule has 7 nitrogen and oxygen atoms in total. The van der Waals surface area contributed by atoms with Gasteiger partial charge >= 0.3 is 6.18 Å². The van der Waals surface area contributed by atoms with Crippen LogP contribution in [0.5, 0.6) is 11.5 Å². The maximum absolute atomic E-state index is 12.8. The van der Waals surface area contributed by atoms with Crippen LogP contribution < -0.4 is 19.7 Å². The third kappa shape index (κ3) is 5.38. The fourth-order valence-electron chi connectivity index (χ4n) is 3.39. The lowest BCUT2D eigenvalue weighted by Crippen LogP contribution is -2.53. The number of ether oxygens (including phenoxy) is 2. The van der Waals surface area contributed by atoms with Gasteiger partial charge in [-0.3, -0.25) is 9.69 Å². The van der Waals surface area contributed by atoms with Gasteiger partial charge in [-0.1, -0.05) is 0 Å². The van der Waals surface area contributed by atoms with Crippen molar-refractivity contribution in [3.05, 3.63) is 42.1 Å². The van der Waals surface area contributed by atoms with Gasteiger partial charge < -0.3 is 19.7 Å². The minimum Gasteiger partial charge on any atom is -0.497 e. The molecule has 0 spiro atoms. The Bertz CT molecular complexity index is 898. The van der Waals surface area contributed by atoms with Crippen molar-refractivity contribution in [3.8, 4) is 11.5 Å². The molecule has 0 saturated carbocycles. The van der Waals surface area contributed by atoms with Gasteiger partial charge in [0.2, 0.25) is 5.91 Å². The number of carbonyl (C=O) groups is 1. The van der Waals surface area contributed by atoms with E-state index in [0.717, 1.165) is 12.3 Å². The Morgan fingerprint density at radius 1 is 1.10 bits per heavy atom. The quantitative estimate of drug-likeness (QED) is 0.747. The maximum atomic E-state index is 12.8. The summed E-state index contributed by atoms with van der Waals surface area (Å²) >= 11 is 0. The van der Waals surface area contributed by atoms with Crippen LogP contribution in [0.25, 0.3) is 0 Å². The largest absolute Gasteiger partial charge is 0.497 e. The Hall–Kier alpha value is -3.01. The lowest BCUT2D eigenvalue weighted by Gasteiger charge is -2.38. The molecule has 2 aromatic rings. The molecule has 3 rings (SSSR count). The van der Waals surface area contributed by atoms with Crippen molar-refractivity contribution in [1.82, 2.24) is 9.88 Å². The third-order valence-electron chi connectivity index (χ3n) is 5.31. The topological polar surface area (TPSA) is 66.9 Å². The second kappa shape index (κ2) is 9.42. The minimum absolute atomic E-state index is 0.187. The zero-order valence-corrected chi connectivity index (χ0v) is 17.6. The monoisotopic (exact) mass is 438 g/mol. The summed E-state index contributed by atoms with van der Waals surface area (Å²) in [5, 5.41) is 2.88. The molecule has 1 N–H and O–H groups in total. The number of carbonyl (C=O) groups excluding carboxylic acids is 1. The number of alkyl halides is 3. The predicted molar refractivity (Wildman–Crippen MR) is 111 cm³/mol. The second-order valence-corrected chi connectivity index (χ2v) is 7.16. The summed E-state index contributed by atoms with van der Waals surface area (Å²) in [7, 11) is 3.07. The first kappa shape index (κ1) is 22.7. The normalized spacial score (nSPS) is 16.0. The summed E-state index contributed by atoms with van der Waals surface area (Å²) in [6, 6.07) is 7.16. The molecule has 1 atom stereocenters. The number of rotatable bonds is 6. The summed E-state index contributed by atoms with van der Waals surface area (Å²) in [6.07, 6.45) is -3.56. The van der Waals surface area contributed by atoms with E-state index in [9.17, 15) is 18.0 Å². The molecule has 1 saturated heterocycles. The molecule has 0 aliphatic carbocycles. The average Bonchev–Trinajstić information content (AvgIpc) is 2.78. The van der Waals surface area contributed by atoms with Crippen molar-refractivity contribution in [2.75, 3.05) is 50.6 Å². The van der Waals surface area contributed by atoms with E-state index in [1.165, 1.54) is 13.2 Å². The number of piperazine rings is 1. The van der Waals surface area contributed by atoms with Crippen molar-refractivity contribution >= 4 is 17.4 Å². The van der Waals surface area contributed by atoms with Crippen LogP contribution in [0.15, 0.2) is 36.5 Å². The molecule has 1 aliphatic rings. The molecule has 31 heavy (non-hydrogen) atoms. The lowest BCUT2D eigenvalue weighted by molar-refractivity contribution is -0.137. The van der Waals surface area contributed by atoms with Gasteiger partial charge in [0, 0.05) is 38.4 Å². The van der Waals surface area contributed by atoms with Gasteiger partial charge in [-0.15, -0.1) is 0 Å². The molecule has 1 amide bonds. The summed E-state index contributed by atoms with van der Waals surface area (Å²) < 4.78 is 48.6. The van der Waals surface area contributed by atoms with Gasteiger partial charge in [0.05, 0.1) is 31.5 Å². The van der Waals surface area contributed by atoms with Crippen molar-refractivity contribution in [3.63, 3.8) is 0 Å². The van der Waals surface area contributed by atoms with E-state index >= 15 is 0 Å². The molecule has 2 heterocycles. The van der Waals surface area contributed by atoms with Crippen LogP contribution in [0.4, 0.5) is 24.7 Å². The Morgan fingerprint density at radius 3 is 2.35 bits per heavy atom. The van der Waals surface area contributed by atoms with Crippen molar-refractivity contribution in [1.29, 1.82) is 0 Å². The standard InChI is InChI=1S/C21H25F3N4O3/c1-14(20(29)26-17-12-16(30-2)5-6-18(17)31-3)27-8-10-28(11-9-27)19-7-4-15(13-25-19)21(22,23)24/h4-7,12-14H,8-11H2,1-3H3,(H,26,29)/t14-/m1/s1. The maximum Gasteiger partial charge on any atom is 0.417 e. The second-order valence-electron chi connectivity index (χ2n) is 7.16. The van der Waals surface area contributed by atoms with E-state index < -0.39 is 17.8 Å². The highest BCUT2D eigenvalue weighted by Crippen LogP contribution is 2.30. The van der Waals surface area contributed by atoms with E-state index in [2.05, 4.69) is 10.3 Å². The molecule has 1 aromatic heterocycles. The van der Waals surface area contributed by atoms with Crippen LogP contribution in [0.1, 0.15) is 12.5 Å². The van der Waals surface area contributed by atoms with E-state index in [4.69, 9.17) is 9.47 Å². The number of hydrogen-bond acceptors (Lipinski definition) is 6. The van der Waals surface area contributed by atoms with Crippen LogP contribution in [0.2, 0.25) is 0 Å². The zero-order chi connectivity index (χ0) is 22.6. The summed E-state index contributed by atoms with van der Waals surface area (Å²) in [5.74, 6) is 1.43. The number of nitrogens with one attached hydrogen (secondary N) is 1. The summed E-state index contributed by atoms with van der Waals surface area (Å²) in [6.45, 7) is 4.07. The van der Waals surface area contributed by atoms with E-state index in [0.29, 0.717) is 49.2 Å². The molecule has 10 heteroatoms. The number of nitrogens with zero attached hydrogens (tertiary/aromatic N) is 3. The Labute approximate surface area is 178 Å². The Balaban J connectivity index is 1.59. The van der Waals surface area contributed by atoms with Gasteiger partial charge in [-0.05, 0) is 31.2 Å². The minimum atomic E-state index is -4.40. The first-order chi connectivity index (χ1) is 14.7. The van der Waals surface area contributed by atoms with Gasteiger partial charge in [-0.25, -0.2) is 4.98 Å². The number of benzene rings is 1. The molecular formula is C21H25F3N4O3. The van der Waals surface area contributed by atoms with Gasteiger partial charge in [0.25, 0.3) is 0 Å². The number of pyridine rings is 1. The van der Waals surface area contributed by atoms with Crippen LogP contribution in [-0.2, 0) is 11.0 Å². The molecule has 1 fully saturated rings. The van der Waals surface area contributed by atoms with Gasteiger partial charge in [-0.2, -0.15) is 13.2 Å². The van der Waals surface area contributed by atoms with E-state index in [1.54, 1.807) is 25.3 Å². The first-order valence-corrected chi connectivity index (χ1v) is 9.78. The number of halogens is 3. The van der Waals surface area contributed by atoms with Gasteiger partial charge in [0.15, 0.2) is 0 Å². The molecule has 0 radical (unpaired) electrons. The smallest absolute Gasteiger partial charge is 0.417 e. The molecular weight excluding hydrogens is 413 g/mol. The van der Waals surface area contributed by atoms with Crippen LogP contribution in [0, 0.1) is 0 Å². The predicted octanol–water partition coefficient (Wildman–Crippen LogP) is 3.27. The fraction of sp³-hybridized carbons (Fsp3) is 0.429. The molecule has 1 aliphatic heterocycles. The number of amides is 1. The molecule has 0 unspecified atom stereocenters. The fourth-order valence-corrected chi connectivity index (χ4v) is 3.39. The average molecular weight is 438 g/mol. The SMILES string of the molecule is COc1ccc(OC)c(NC(=O)[C@@H](C)N2CCN(c3ccc(C(F)(F)F)cn3)CC2)c1. The Morgan fingerprint density at radius 2 is 1.81 bits per heavy atom. The molecule has 0 bridgehead atoms. The number of hydrogen-bond donors (Lipinski definition) is 1. The van der Waals surface area contributed by atoms with Crippen LogP contribution in [0.3, 0.4) is 0 Å². The lowest BCUT2D eigenvalue weighted by atomic mass is 10.2. The van der Waals surface area contributed by atoms with Crippen molar-refractivity contribution in [2.45, 2.75) is 19.1 Å². The highest BCUT2D eigenvalue weighted by molar-refractivity contribution is 5.96. The highest BCUT2D eigenvalue weighted by atomic mass is 19.4. The van der Waals surface area contributed by atoms with E-state index in [-0.39, 0.29) is 5.91 Å². The van der Waals surface area contributed by atoms with Gasteiger partial charge in [0.1, 0.15) is 17.3 Å².